The number of carbonyl (C=O) groups is 4. The summed E-state index contributed by atoms with van der Waals surface area (Å²) in [5.41, 5.74) is 0. The summed E-state index contributed by atoms with van der Waals surface area (Å²) in [4.78, 5) is 46.0. The van der Waals surface area contributed by atoms with Crippen LogP contribution < -0.4 is 0 Å². The van der Waals surface area contributed by atoms with E-state index in [9.17, 15) is 19.2 Å². The second-order valence-corrected chi connectivity index (χ2v) is 7.35. The van der Waals surface area contributed by atoms with Gasteiger partial charge in [0, 0.05) is 25.2 Å². The number of esters is 4. The highest BCUT2D eigenvalue weighted by molar-refractivity contribution is 14.1. The van der Waals surface area contributed by atoms with Crippen molar-refractivity contribution in [1.82, 2.24) is 0 Å². The zero-order valence-corrected chi connectivity index (χ0v) is 18.2. The number of rotatable bonds is 7. The third kappa shape index (κ3) is 7.35. The fourth-order valence-corrected chi connectivity index (χ4v) is 3.43. The Morgan fingerprint density at radius 3 is 1.92 bits per heavy atom. The molecule has 148 valence electrons. The van der Waals surface area contributed by atoms with E-state index in [0.29, 0.717) is 4.43 Å². The van der Waals surface area contributed by atoms with E-state index in [4.69, 9.17) is 23.7 Å². The number of ether oxygens (including phenoxy) is 5. The fraction of sp³-hybridized carbons (Fsp3) is 0.733. The Hall–Kier alpha value is -0.950. The van der Waals surface area contributed by atoms with Gasteiger partial charge >= 0.3 is 23.9 Å². The monoisotopic (exact) mass is 550 g/mol. The standard InChI is InChI=1S/C15H20BrIO9/c1-7(18)23-12-10(6-22-11(21)4-5-17)26-15(16)14(25-9(3)20)13(12)24-8(2)19/h10,12-15H,4-6H2,1-3H3. The molecule has 5 atom stereocenters. The lowest BCUT2D eigenvalue weighted by atomic mass is 9.99. The lowest BCUT2D eigenvalue weighted by molar-refractivity contribution is -0.236. The molecule has 0 spiro atoms. The molecule has 1 saturated heterocycles. The molecule has 1 aliphatic rings. The Morgan fingerprint density at radius 2 is 1.42 bits per heavy atom. The average Bonchev–Trinajstić information content (AvgIpc) is 2.51. The Bertz CT molecular complexity index is 541. The molecule has 1 aliphatic heterocycles. The van der Waals surface area contributed by atoms with Crippen molar-refractivity contribution in [1.29, 1.82) is 0 Å². The lowest BCUT2D eigenvalue weighted by Gasteiger charge is -2.42. The van der Waals surface area contributed by atoms with Crippen molar-refractivity contribution in [2.24, 2.45) is 0 Å². The molecule has 11 heteroatoms. The van der Waals surface area contributed by atoms with Gasteiger partial charge in [0.05, 0.1) is 6.42 Å². The van der Waals surface area contributed by atoms with Crippen LogP contribution in [0.25, 0.3) is 0 Å². The van der Waals surface area contributed by atoms with E-state index in [1.165, 1.54) is 20.8 Å². The molecule has 0 aliphatic carbocycles. The average molecular weight is 551 g/mol. The van der Waals surface area contributed by atoms with Crippen LogP contribution in [0.4, 0.5) is 0 Å². The van der Waals surface area contributed by atoms with Gasteiger partial charge in [-0.15, -0.1) is 0 Å². The van der Waals surface area contributed by atoms with Crippen LogP contribution in [0.1, 0.15) is 27.2 Å². The van der Waals surface area contributed by atoms with E-state index >= 15 is 0 Å². The number of hydrogen-bond acceptors (Lipinski definition) is 9. The highest BCUT2D eigenvalue weighted by atomic mass is 127. The van der Waals surface area contributed by atoms with Crippen molar-refractivity contribution in [3.8, 4) is 0 Å². The highest BCUT2D eigenvalue weighted by Crippen LogP contribution is 2.31. The molecule has 0 aromatic carbocycles. The minimum Gasteiger partial charge on any atom is -0.463 e. The smallest absolute Gasteiger partial charge is 0.306 e. The molecule has 0 aromatic rings. The minimum atomic E-state index is -1.13. The van der Waals surface area contributed by atoms with Gasteiger partial charge in [0.15, 0.2) is 23.3 Å². The maximum Gasteiger partial charge on any atom is 0.306 e. The van der Waals surface area contributed by atoms with Gasteiger partial charge in [-0.3, -0.25) is 19.2 Å². The van der Waals surface area contributed by atoms with Gasteiger partial charge in [-0.2, -0.15) is 0 Å². The van der Waals surface area contributed by atoms with E-state index in [-0.39, 0.29) is 13.0 Å². The van der Waals surface area contributed by atoms with Crippen LogP contribution in [0.2, 0.25) is 0 Å². The molecule has 26 heavy (non-hydrogen) atoms. The molecule has 0 aromatic heterocycles. The van der Waals surface area contributed by atoms with E-state index in [0.717, 1.165) is 0 Å². The molecule has 0 bridgehead atoms. The van der Waals surface area contributed by atoms with Crippen LogP contribution in [-0.2, 0) is 42.9 Å². The first kappa shape index (κ1) is 23.1. The quantitative estimate of drug-likeness (QED) is 0.200. The molecule has 5 unspecified atom stereocenters. The van der Waals surface area contributed by atoms with Gasteiger partial charge in [-0.05, 0) is 0 Å². The van der Waals surface area contributed by atoms with Crippen LogP contribution in [0.5, 0.6) is 0 Å². The van der Waals surface area contributed by atoms with Crippen LogP contribution >= 0.6 is 38.5 Å². The summed E-state index contributed by atoms with van der Waals surface area (Å²) in [5.74, 6) is -2.39. The zero-order chi connectivity index (χ0) is 19.9. The predicted octanol–water partition coefficient (Wildman–Crippen LogP) is 1.27. The Balaban J connectivity index is 3.05. The molecule has 0 radical (unpaired) electrons. The Morgan fingerprint density at radius 1 is 0.923 bits per heavy atom. The van der Waals surface area contributed by atoms with E-state index < -0.39 is 53.3 Å². The summed E-state index contributed by atoms with van der Waals surface area (Å²) in [5, 5.41) is -0.865. The number of carbonyl (C=O) groups excluding carboxylic acids is 4. The molecular formula is C15H20BrIO9. The van der Waals surface area contributed by atoms with Gasteiger partial charge in [0.1, 0.15) is 12.7 Å². The lowest BCUT2D eigenvalue weighted by Crippen LogP contribution is -2.60. The van der Waals surface area contributed by atoms with Gasteiger partial charge in [0.25, 0.3) is 0 Å². The summed E-state index contributed by atoms with van der Waals surface area (Å²) in [6.45, 7) is 3.30. The van der Waals surface area contributed by atoms with Crippen molar-refractivity contribution in [3.05, 3.63) is 0 Å². The van der Waals surface area contributed by atoms with Crippen molar-refractivity contribution in [2.75, 3.05) is 11.0 Å². The van der Waals surface area contributed by atoms with Crippen LogP contribution in [-0.4, -0.2) is 64.3 Å². The minimum absolute atomic E-state index is 0.215. The largest absolute Gasteiger partial charge is 0.463 e. The summed E-state index contributed by atoms with van der Waals surface area (Å²) < 4.78 is 27.0. The molecule has 0 N–H and O–H groups in total. The van der Waals surface area contributed by atoms with Crippen molar-refractivity contribution >= 4 is 62.4 Å². The van der Waals surface area contributed by atoms with Crippen LogP contribution in [0.15, 0.2) is 0 Å². The number of alkyl halides is 2. The maximum atomic E-state index is 11.6. The van der Waals surface area contributed by atoms with Crippen molar-refractivity contribution < 1.29 is 42.9 Å². The fourth-order valence-electron chi connectivity index (χ4n) is 2.30. The SMILES string of the molecule is CC(=O)OC1C(Br)OC(COC(=O)CCI)C(OC(C)=O)C1OC(C)=O. The van der Waals surface area contributed by atoms with Gasteiger partial charge in [-0.25, -0.2) is 0 Å². The molecule has 1 rings (SSSR count). The first-order chi connectivity index (χ1) is 12.1. The first-order valence-electron chi connectivity index (χ1n) is 7.68. The number of hydrogen-bond donors (Lipinski definition) is 0. The molecule has 1 heterocycles. The van der Waals surface area contributed by atoms with E-state index in [1.807, 2.05) is 22.6 Å². The topological polar surface area (TPSA) is 114 Å². The Labute approximate surface area is 172 Å². The predicted molar refractivity (Wildman–Crippen MR) is 98.7 cm³/mol. The van der Waals surface area contributed by atoms with Crippen LogP contribution in [0, 0.1) is 0 Å². The summed E-state index contributed by atoms with van der Waals surface area (Å²) in [6, 6.07) is 0. The van der Waals surface area contributed by atoms with E-state index in [1.54, 1.807) is 0 Å². The summed E-state index contributed by atoms with van der Waals surface area (Å²) >= 11 is 5.25. The molecule has 0 amide bonds. The maximum absolute atomic E-state index is 11.6. The molecular weight excluding hydrogens is 531 g/mol. The first-order valence-corrected chi connectivity index (χ1v) is 10.1. The summed E-state index contributed by atoms with van der Waals surface area (Å²) in [6.07, 6.45) is -4.01. The van der Waals surface area contributed by atoms with Gasteiger partial charge in [0.2, 0.25) is 0 Å². The number of halogens is 2. The third-order valence-corrected chi connectivity index (χ3v) is 4.47. The van der Waals surface area contributed by atoms with Crippen LogP contribution in [0.3, 0.4) is 0 Å². The second kappa shape index (κ2) is 11.0. The highest BCUT2D eigenvalue weighted by Gasteiger charge is 2.51. The molecule has 0 saturated carbocycles. The molecule has 9 nitrogen and oxygen atoms in total. The van der Waals surface area contributed by atoms with Gasteiger partial charge in [-0.1, -0.05) is 38.5 Å². The van der Waals surface area contributed by atoms with Gasteiger partial charge < -0.3 is 23.7 Å². The third-order valence-electron chi connectivity index (χ3n) is 3.19. The van der Waals surface area contributed by atoms with Crippen molar-refractivity contribution in [2.45, 2.75) is 56.6 Å². The second-order valence-electron chi connectivity index (χ2n) is 5.37. The zero-order valence-electron chi connectivity index (χ0n) is 14.4. The molecule has 1 fully saturated rings. The normalized spacial score (nSPS) is 28.0. The van der Waals surface area contributed by atoms with E-state index in [2.05, 4.69) is 15.9 Å². The van der Waals surface area contributed by atoms with Crippen molar-refractivity contribution in [3.63, 3.8) is 0 Å². The summed E-state index contributed by atoms with van der Waals surface area (Å²) in [7, 11) is 0. The Kier molecular flexibility index (Phi) is 9.79.